The highest BCUT2D eigenvalue weighted by Gasteiger charge is 2.16. The van der Waals surface area contributed by atoms with Crippen LogP contribution in [0.1, 0.15) is 408 Å². The number of rotatable bonds is 68. The lowest BCUT2D eigenvalue weighted by Gasteiger charge is -2.15. The number of amides is 2. The molecule has 0 fully saturated rings. The maximum absolute atomic E-state index is 13.9. The van der Waals surface area contributed by atoms with Gasteiger partial charge in [-0.3, -0.25) is 14.4 Å². The van der Waals surface area contributed by atoms with Gasteiger partial charge in [-0.25, -0.2) is 0 Å². The van der Waals surface area contributed by atoms with E-state index in [1.54, 1.807) is 42.5 Å². The first kappa shape index (κ1) is 83.7. The Labute approximate surface area is 578 Å². The molecule has 0 aliphatic carbocycles. The predicted octanol–water partition coefficient (Wildman–Crippen LogP) is 27.0. The summed E-state index contributed by atoms with van der Waals surface area (Å²) in [5.41, 5.74) is 0.944. The number of ether oxygens (including phenoxy) is 4. The summed E-state index contributed by atoms with van der Waals surface area (Å²) < 4.78 is 25.5. The molecule has 0 saturated heterocycles. The van der Waals surface area contributed by atoms with E-state index in [4.69, 9.17) is 18.9 Å². The molecular formula is C85H144N2O7. The Morgan fingerprint density at radius 2 is 0.479 bits per heavy atom. The summed E-state index contributed by atoms with van der Waals surface area (Å²) >= 11 is 0. The fourth-order valence-electron chi connectivity index (χ4n) is 12.8. The van der Waals surface area contributed by atoms with E-state index in [0.717, 1.165) is 51.4 Å². The van der Waals surface area contributed by atoms with Crippen LogP contribution in [0.3, 0.4) is 0 Å². The minimum absolute atomic E-state index is 0.105. The Morgan fingerprint density at radius 3 is 0.745 bits per heavy atom. The fourth-order valence-corrected chi connectivity index (χ4v) is 12.8. The normalized spacial score (nSPS) is 11.3. The van der Waals surface area contributed by atoms with Gasteiger partial charge in [0.05, 0.1) is 32.1 Å². The zero-order chi connectivity index (χ0) is 67.1. The van der Waals surface area contributed by atoms with Crippen LogP contribution in [0.15, 0.2) is 65.5 Å². The van der Waals surface area contributed by atoms with Gasteiger partial charge in [0.1, 0.15) is 0 Å². The van der Waals surface area contributed by atoms with Crippen molar-refractivity contribution in [1.29, 1.82) is 0 Å². The minimum atomic E-state index is -0.429. The third kappa shape index (κ3) is 45.8. The molecule has 3 rings (SSSR count). The van der Waals surface area contributed by atoms with Crippen molar-refractivity contribution in [3.8, 4) is 23.0 Å². The Morgan fingerprint density at radius 1 is 0.255 bits per heavy atom. The summed E-state index contributed by atoms with van der Waals surface area (Å²) in [6, 6.07) is 16.9. The van der Waals surface area contributed by atoms with E-state index in [1.165, 1.54) is 314 Å². The third-order valence-corrected chi connectivity index (χ3v) is 19.0. The first-order chi connectivity index (χ1) is 46.4. The molecule has 0 aliphatic rings. The monoisotopic (exact) mass is 1310 g/mol. The molecule has 0 saturated carbocycles. The highest BCUT2D eigenvalue weighted by Crippen LogP contribution is 2.32. The molecule has 3 aromatic carbocycles. The van der Waals surface area contributed by atoms with Gasteiger partial charge in [-0.2, -0.15) is 0 Å². The van der Waals surface area contributed by atoms with Gasteiger partial charge in [0.15, 0.2) is 23.0 Å². The lowest BCUT2D eigenvalue weighted by molar-refractivity contribution is 0.101. The number of hydrogen-bond donors (Lipinski definition) is 2. The molecule has 0 aromatic heterocycles. The molecule has 0 spiro atoms. The van der Waals surface area contributed by atoms with E-state index in [2.05, 4.69) is 38.3 Å². The quantitative estimate of drug-likeness (QED) is 0.0542. The van der Waals surface area contributed by atoms with E-state index in [9.17, 15) is 14.4 Å². The average Bonchev–Trinajstić information content (AvgIpc) is 1.15. The van der Waals surface area contributed by atoms with E-state index < -0.39 is 5.91 Å². The summed E-state index contributed by atoms with van der Waals surface area (Å²) in [5, 5.41) is 5.84. The zero-order valence-corrected chi connectivity index (χ0v) is 61.6. The van der Waals surface area contributed by atoms with Crippen LogP contribution in [0.25, 0.3) is 0 Å². The van der Waals surface area contributed by atoms with Crippen LogP contribution >= 0.6 is 0 Å². The number of anilines is 2. The van der Waals surface area contributed by atoms with Gasteiger partial charge in [0.25, 0.3) is 11.8 Å². The largest absolute Gasteiger partial charge is 0.490 e. The average molecular weight is 1310 g/mol. The number of unbranched alkanes of at least 4 members (excludes halogenated alkanes) is 52. The molecule has 0 aliphatic heterocycles. The molecule has 0 unspecified atom stereocenters. The summed E-state index contributed by atoms with van der Waals surface area (Å²) in [6.45, 7) is 11.4. The van der Waals surface area contributed by atoms with E-state index in [1.807, 2.05) is 12.1 Å². The molecular weight excluding hydrogens is 1160 g/mol. The van der Waals surface area contributed by atoms with Crippen LogP contribution in [0.2, 0.25) is 0 Å². The standard InChI is InChI=1S/C85H144N2O7/c1-5-9-13-17-21-25-29-33-37-41-45-49-53-57-69-91-80-67-61-75(73-82(80)93-71-59-55-51-47-43-39-35-31-27-23-19-15-11-7-3)84(89)86-77-63-65-78(79(88)66-64-77)87-85(90)76-62-68-81(92-70-58-54-50-46-42-38-34-30-26-22-18-14-10-6-2)83(74-76)94-72-60-56-52-48-44-40-36-32-28-24-20-16-12-8-4/h61-68,73-74H,5-60,69-72H2,1-4H3,(H,86,89)(H,87,88,90). The van der Waals surface area contributed by atoms with Gasteiger partial charge >= 0.3 is 0 Å². The van der Waals surface area contributed by atoms with Gasteiger partial charge in [0.2, 0.25) is 5.43 Å². The van der Waals surface area contributed by atoms with Crippen LogP contribution in [-0.2, 0) is 0 Å². The van der Waals surface area contributed by atoms with E-state index >= 15 is 0 Å². The molecule has 2 N–H and O–H groups in total. The summed E-state index contributed by atoms with van der Waals surface area (Å²) in [4.78, 5) is 41.4. The topological polar surface area (TPSA) is 112 Å². The van der Waals surface area contributed by atoms with Gasteiger partial charge in [-0.1, -0.05) is 362 Å². The van der Waals surface area contributed by atoms with Crippen molar-refractivity contribution in [1.82, 2.24) is 0 Å². The Bertz CT molecular complexity index is 2300. The fraction of sp³-hybridized carbons (Fsp3) is 0.753. The van der Waals surface area contributed by atoms with Crippen molar-refractivity contribution >= 4 is 23.2 Å². The number of benzene rings is 2. The molecule has 536 valence electrons. The SMILES string of the molecule is CCCCCCCCCCCCCCCCOc1ccc(C(=O)Nc2ccc(NC(=O)c3ccc(OCCCCCCCCCCCCCCCC)c(OCCCCCCCCCCCCCCCC)c3)c(=O)cc2)cc1OCCCCCCCCCCCCCCCC. The molecule has 0 bridgehead atoms. The maximum Gasteiger partial charge on any atom is 0.255 e. The van der Waals surface area contributed by atoms with Crippen molar-refractivity contribution in [2.24, 2.45) is 0 Å². The molecule has 9 heteroatoms. The van der Waals surface area contributed by atoms with Crippen LogP contribution in [-0.4, -0.2) is 38.2 Å². The lowest BCUT2D eigenvalue weighted by atomic mass is 10.0. The highest BCUT2D eigenvalue weighted by molar-refractivity contribution is 6.06. The second-order valence-corrected chi connectivity index (χ2v) is 27.9. The van der Waals surface area contributed by atoms with Crippen LogP contribution in [0.4, 0.5) is 11.4 Å². The van der Waals surface area contributed by atoms with Crippen LogP contribution in [0, 0.1) is 0 Å². The number of hydrogen-bond acceptors (Lipinski definition) is 7. The summed E-state index contributed by atoms with van der Waals surface area (Å²) in [5.74, 6) is 1.65. The van der Waals surface area contributed by atoms with Crippen molar-refractivity contribution in [2.75, 3.05) is 37.1 Å². The van der Waals surface area contributed by atoms with Gasteiger partial charge < -0.3 is 29.6 Å². The summed E-state index contributed by atoms with van der Waals surface area (Å²) in [6.07, 6.45) is 72.7. The molecule has 0 radical (unpaired) electrons. The van der Waals surface area contributed by atoms with Gasteiger partial charge in [0, 0.05) is 16.8 Å². The number of nitrogens with one attached hydrogen (secondary N) is 2. The first-order valence-corrected chi connectivity index (χ1v) is 40.5. The van der Waals surface area contributed by atoms with E-state index in [0.29, 0.717) is 66.2 Å². The number of carbonyl (C=O) groups excluding carboxylic acids is 2. The van der Waals surface area contributed by atoms with E-state index in [-0.39, 0.29) is 17.0 Å². The molecule has 0 atom stereocenters. The molecule has 2 amide bonds. The van der Waals surface area contributed by atoms with Crippen molar-refractivity contribution < 1.29 is 28.5 Å². The second-order valence-electron chi connectivity index (χ2n) is 27.9. The molecule has 94 heavy (non-hydrogen) atoms. The van der Waals surface area contributed by atoms with Gasteiger partial charge in [-0.05, 0) is 86.3 Å². The van der Waals surface area contributed by atoms with Crippen molar-refractivity contribution in [2.45, 2.75) is 387 Å². The molecule has 0 heterocycles. The molecule has 9 nitrogen and oxygen atoms in total. The van der Waals surface area contributed by atoms with Gasteiger partial charge in [-0.15, -0.1) is 0 Å². The molecule has 3 aromatic rings. The number of carbonyl (C=O) groups is 2. The van der Waals surface area contributed by atoms with Crippen LogP contribution < -0.4 is 35.0 Å². The second kappa shape index (κ2) is 62.0. The zero-order valence-electron chi connectivity index (χ0n) is 61.6. The van der Waals surface area contributed by atoms with Crippen LogP contribution in [0.5, 0.6) is 23.0 Å². The van der Waals surface area contributed by atoms with Crippen molar-refractivity contribution in [3.63, 3.8) is 0 Å². The Kier molecular flexibility index (Phi) is 55.2. The summed E-state index contributed by atoms with van der Waals surface area (Å²) in [7, 11) is 0. The maximum atomic E-state index is 13.9. The third-order valence-electron chi connectivity index (χ3n) is 19.0. The predicted molar refractivity (Wildman–Crippen MR) is 405 cm³/mol. The lowest BCUT2D eigenvalue weighted by Crippen LogP contribution is -2.17. The smallest absolute Gasteiger partial charge is 0.255 e. The first-order valence-electron chi connectivity index (χ1n) is 40.5. The minimum Gasteiger partial charge on any atom is -0.490 e. The Hall–Kier alpha value is -4.53. The highest BCUT2D eigenvalue weighted by atomic mass is 16.5. The van der Waals surface area contributed by atoms with Crippen molar-refractivity contribution in [3.05, 3.63) is 82.0 Å². The Balaban J connectivity index is 1.57.